The predicted molar refractivity (Wildman–Crippen MR) is 111 cm³/mol. The number of rotatable bonds is 4. The maximum atomic E-state index is 13.7. The molecule has 1 aliphatic heterocycles. The average Bonchev–Trinajstić information content (AvgIpc) is 3.43. The summed E-state index contributed by atoms with van der Waals surface area (Å²) in [5.74, 6) is 0.557. The van der Waals surface area contributed by atoms with Gasteiger partial charge in [-0.2, -0.15) is 0 Å². The van der Waals surface area contributed by atoms with Crippen molar-refractivity contribution in [2.24, 2.45) is 0 Å². The van der Waals surface area contributed by atoms with Gasteiger partial charge in [0.2, 0.25) is 5.78 Å². The molecule has 0 atom stereocenters. The van der Waals surface area contributed by atoms with Gasteiger partial charge in [-0.25, -0.2) is 0 Å². The highest BCUT2D eigenvalue weighted by atomic mass is 16.1. The van der Waals surface area contributed by atoms with Gasteiger partial charge in [-0.05, 0) is 30.5 Å². The summed E-state index contributed by atoms with van der Waals surface area (Å²) in [7, 11) is 1.90. The molecule has 7 nitrogen and oxygen atoms in total. The fourth-order valence-electron chi connectivity index (χ4n) is 4.09. The third-order valence-electron chi connectivity index (χ3n) is 5.51. The maximum Gasteiger partial charge on any atom is 0.265 e. The lowest BCUT2D eigenvalue weighted by Gasteiger charge is -2.22. The predicted octanol–water partition coefficient (Wildman–Crippen LogP) is 2.73. The lowest BCUT2D eigenvalue weighted by molar-refractivity contribution is 0.766. The zero-order valence-electron chi connectivity index (χ0n) is 15.8. The molecule has 0 aliphatic carbocycles. The first-order valence-electron chi connectivity index (χ1n) is 9.63. The van der Waals surface area contributed by atoms with Crippen LogP contribution >= 0.6 is 0 Å². The highest BCUT2D eigenvalue weighted by Crippen LogP contribution is 2.31. The summed E-state index contributed by atoms with van der Waals surface area (Å²) < 4.78 is 3.64. The Hall–Kier alpha value is -3.35. The number of hydrogen-bond donors (Lipinski definition) is 1. The molecule has 142 valence electrons. The standard InChI is InChI=1S/C21H22N6O/c1-22-16-11-17(25-9-5-6-10-25)19-18(12-16)27-14-23-24-21(27)26(20(19)28)13-15-7-3-2-4-8-15/h2-4,7-8,11-12,14,22H,5-6,9-10,13H2,1H3. The monoisotopic (exact) mass is 374 g/mol. The minimum Gasteiger partial charge on any atom is -0.388 e. The van der Waals surface area contributed by atoms with E-state index in [4.69, 9.17) is 0 Å². The molecular weight excluding hydrogens is 352 g/mol. The molecule has 5 rings (SSSR count). The first kappa shape index (κ1) is 16.8. The Bertz CT molecular complexity index is 1200. The van der Waals surface area contributed by atoms with Crippen LogP contribution < -0.4 is 15.8 Å². The fourth-order valence-corrected chi connectivity index (χ4v) is 4.09. The topological polar surface area (TPSA) is 67.5 Å². The van der Waals surface area contributed by atoms with Gasteiger partial charge in [0.05, 0.1) is 23.1 Å². The van der Waals surface area contributed by atoms with E-state index in [2.05, 4.69) is 26.5 Å². The van der Waals surface area contributed by atoms with Gasteiger partial charge < -0.3 is 10.2 Å². The molecule has 1 fully saturated rings. The number of anilines is 2. The largest absolute Gasteiger partial charge is 0.388 e. The van der Waals surface area contributed by atoms with E-state index in [-0.39, 0.29) is 5.56 Å². The molecule has 3 heterocycles. The van der Waals surface area contributed by atoms with Crippen LogP contribution in [-0.4, -0.2) is 39.3 Å². The molecule has 0 unspecified atom stereocenters. The number of fused-ring (bicyclic) bond motifs is 3. The number of aromatic nitrogens is 4. The van der Waals surface area contributed by atoms with Crippen molar-refractivity contribution in [1.82, 2.24) is 19.2 Å². The van der Waals surface area contributed by atoms with Crippen molar-refractivity contribution in [2.45, 2.75) is 19.4 Å². The van der Waals surface area contributed by atoms with Gasteiger partial charge in [0, 0.05) is 25.8 Å². The van der Waals surface area contributed by atoms with E-state index in [1.165, 1.54) is 0 Å². The van der Waals surface area contributed by atoms with Gasteiger partial charge in [-0.1, -0.05) is 30.3 Å². The zero-order chi connectivity index (χ0) is 19.1. The SMILES string of the molecule is CNc1cc(N2CCCC2)c2c(=O)n(Cc3ccccc3)c3nncn3c2c1. The second-order valence-electron chi connectivity index (χ2n) is 7.21. The Labute approximate surface area is 162 Å². The first-order valence-corrected chi connectivity index (χ1v) is 9.63. The lowest BCUT2D eigenvalue weighted by atomic mass is 10.1. The van der Waals surface area contributed by atoms with Gasteiger partial charge in [-0.15, -0.1) is 10.2 Å². The Kier molecular flexibility index (Phi) is 4.00. The Balaban J connectivity index is 1.83. The summed E-state index contributed by atoms with van der Waals surface area (Å²) in [6.45, 7) is 2.41. The molecule has 0 radical (unpaired) electrons. The Morgan fingerprint density at radius 3 is 2.64 bits per heavy atom. The molecule has 1 N–H and O–H groups in total. The van der Waals surface area contributed by atoms with Crippen molar-refractivity contribution in [2.75, 3.05) is 30.4 Å². The van der Waals surface area contributed by atoms with E-state index in [1.54, 1.807) is 10.9 Å². The smallest absolute Gasteiger partial charge is 0.265 e. The number of nitrogens with one attached hydrogen (secondary N) is 1. The molecule has 0 bridgehead atoms. The molecular formula is C21H22N6O. The normalized spacial score (nSPS) is 14.2. The van der Waals surface area contributed by atoms with E-state index in [0.29, 0.717) is 12.3 Å². The lowest BCUT2D eigenvalue weighted by Crippen LogP contribution is -2.27. The van der Waals surface area contributed by atoms with Gasteiger partial charge in [0.1, 0.15) is 6.33 Å². The molecule has 0 amide bonds. The summed E-state index contributed by atoms with van der Waals surface area (Å²) in [4.78, 5) is 16.0. The third kappa shape index (κ3) is 2.62. The number of benzene rings is 2. The summed E-state index contributed by atoms with van der Waals surface area (Å²) in [6.07, 6.45) is 3.99. The first-order chi connectivity index (χ1) is 13.8. The minimum absolute atomic E-state index is 0.0242. The molecule has 0 saturated carbocycles. The van der Waals surface area contributed by atoms with Crippen LogP contribution in [0.2, 0.25) is 0 Å². The van der Waals surface area contributed by atoms with Gasteiger partial charge in [0.25, 0.3) is 5.56 Å². The van der Waals surface area contributed by atoms with Crippen LogP contribution in [0.5, 0.6) is 0 Å². The van der Waals surface area contributed by atoms with E-state index >= 15 is 0 Å². The minimum atomic E-state index is -0.0242. The van der Waals surface area contributed by atoms with E-state index in [0.717, 1.165) is 53.8 Å². The Morgan fingerprint density at radius 1 is 1.11 bits per heavy atom. The third-order valence-corrected chi connectivity index (χ3v) is 5.51. The maximum absolute atomic E-state index is 13.7. The van der Waals surface area contributed by atoms with Gasteiger partial charge >= 0.3 is 0 Å². The molecule has 1 aliphatic rings. The summed E-state index contributed by atoms with van der Waals surface area (Å²) in [6, 6.07) is 14.1. The molecule has 0 spiro atoms. The second-order valence-corrected chi connectivity index (χ2v) is 7.21. The average molecular weight is 374 g/mol. The van der Waals surface area contributed by atoms with Gasteiger partial charge in [-0.3, -0.25) is 13.8 Å². The number of nitrogens with zero attached hydrogens (tertiary/aromatic N) is 5. The number of hydrogen-bond acceptors (Lipinski definition) is 5. The van der Waals surface area contributed by atoms with Crippen LogP contribution in [0.15, 0.2) is 53.6 Å². The summed E-state index contributed by atoms with van der Waals surface area (Å²) >= 11 is 0. The van der Waals surface area contributed by atoms with Crippen LogP contribution in [0.4, 0.5) is 11.4 Å². The van der Waals surface area contributed by atoms with Crippen molar-refractivity contribution in [3.63, 3.8) is 0 Å². The summed E-state index contributed by atoms with van der Waals surface area (Å²) in [5, 5.41) is 12.3. The molecule has 2 aromatic carbocycles. The van der Waals surface area contributed by atoms with Crippen molar-refractivity contribution >= 4 is 28.1 Å². The molecule has 28 heavy (non-hydrogen) atoms. The van der Waals surface area contributed by atoms with E-state index in [9.17, 15) is 4.79 Å². The van der Waals surface area contributed by atoms with Crippen LogP contribution in [-0.2, 0) is 6.54 Å². The zero-order valence-corrected chi connectivity index (χ0v) is 15.8. The summed E-state index contributed by atoms with van der Waals surface area (Å²) in [5.41, 5.74) is 3.83. The highest BCUT2D eigenvalue weighted by Gasteiger charge is 2.21. The molecule has 2 aromatic heterocycles. The van der Waals surface area contributed by atoms with E-state index in [1.807, 2.05) is 47.8 Å². The molecule has 4 aromatic rings. The van der Waals surface area contributed by atoms with Crippen LogP contribution in [0, 0.1) is 0 Å². The second kappa shape index (κ2) is 6.67. The van der Waals surface area contributed by atoms with Crippen LogP contribution in [0.25, 0.3) is 16.7 Å². The van der Waals surface area contributed by atoms with Crippen molar-refractivity contribution in [3.05, 3.63) is 64.7 Å². The molecule has 1 saturated heterocycles. The molecule has 7 heteroatoms. The van der Waals surface area contributed by atoms with Gasteiger partial charge in [0.15, 0.2) is 0 Å². The van der Waals surface area contributed by atoms with E-state index < -0.39 is 0 Å². The highest BCUT2D eigenvalue weighted by molar-refractivity contribution is 5.95. The van der Waals surface area contributed by atoms with Crippen molar-refractivity contribution < 1.29 is 0 Å². The van der Waals surface area contributed by atoms with Crippen molar-refractivity contribution in [3.8, 4) is 0 Å². The quantitative estimate of drug-likeness (QED) is 0.595. The fraction of sp³-hybridized carbons (Fsp3) is 0.286. The van der Waals surface area contributed by atoms with Crippen molar-refractivity contribution in [1.29, 1.82) is 0 Å². The van der Waals surface area contributed by atoms with Crippen LogP contribution in [0.3, 0.4) is 0 Å². The van der Waals surface area contributed by atoms with Crippen LogP contribution in [0.1, 0.15) is 18.4 Å². The Morgan fingerprint density at radius 2 is 1.89 bits per heavy atom.